The van der Waals surface area contributed by atoms with Crippen LogP contribution in [0, 0.1) is 0 Å². The fraction of sp³-hybridized carbons (Fsp3) is 0. The fourth-order valence-corrected chi connectivity index (χ4v) is 2.14. The first-order valence-corrected chi connectivity index (χ1v) is 5.38. The summed E-state index contributed by atoms with van der Waals surface area (Å²) in [4.78, 5) is 18.2. The number of imidazole rings is 1. The molecule has 15 heavy (non-hydrogen) atoms. The first-order chi connectivity index (χ1) is 7.34. The Bertz CT molecular complexity index is 651. The van der Waals surface area contributed by atoms with Gasteiger partial charge in [-0.1, -0.05) is 0 Å². The molecule has 0 atom stereocenters. The largest absolute Gasteiger partial charge is 0.306 e. The lowest BCUT2D eigenvalue weighted by atomic mass is 10.4. The van der Waals surface area contributed by atoms with Crippen molar-refractivity contribution in [1.29, 1.82) is 0 Å². The van der Waals surface area contributed by atoms with Gasteiger partial charge in [-0.05, 0) is 17.5 Å². The van der Waals surface area contributed by atoms with Crippen LogP contribution in [0.1, 0.15) is 0 Å². The summed E-state index contributed by atoms with van der Waals surface area (Å²) in [5, 5.41) is 3.99. The third-order valence-electron chi connectivity index (χ3n) is 2.21. The zero-order valence-electron chi connectivity index (χ0n) is 7.68. The molecule has 3 aromatic rings. The van der Waals surface area contributed by atoms with Crippen LogP contribution in [0.3, 0.4) is 0 Å². The van der Waals surface area contributed by atoms with Crippen LogP contribution in [-0.4, -0.2) is 14.5 Å². The second-order valence-corrected chi connectivity index (χ2v) is 3.93. The molecule has 0 aliphatic carbocycles. The molecule has 4 nitrogen and oxygen atoms in total. The van der Waals surface area contributed by atoms with Crippen LogP contribution in [-0.2, 0) is 0 Å². The van der Waals surface area contributed by atoms with Crippen molar-refractivity contribution in [3.63, 3.8) is 0 Å². The molecule has 0 spiro atoms. The molecule has 0 aromatic carbocycles. The van der Waals surface area contributed by atoms with Gasteiger partial charge in [0.15, 0.2) is 0 Å². The van der Waals surface area contributed by atoms with Crippen molar-refractivity contribution >= 4 is 22.5 Å². The van der Waals surface area contributed by atoms with Gasteiger partial charge in [-0.15, -0.1) is 0 Å². The van der Waals surface area contributed by atoms with Crippen LogP contribution in [0.4, 0.5) is 0 Å². The van der Waals surface area contributed by atoms with Gasteiger partial charge >= 0.3 is 0 Å². The van der Waals surface area contributed by atoms with E-state index in [4.69, 9.17) is 0 Å². The van der Waals surface area contributed by atoms with Crippen LogP contribution >= 0.6 is 11.3 Å². The van der Waals surface area contributed by atoms with E-state index in [9.17, 15) is 4.79 Å². The summed E-state index contributed by atoms with van der Waals surface area (Å²) in [5.41, 5.74) is 2.44. The minimum atomic E-state index is -0.112. The van der Waals surface area contributed by atoms with Crippen molar-refractivity contribution in [3.05, 3.63) is 45.6 Å². The molecule has 74 valence electrons. The number of nitrogens with one attached hydrogen (secondary N) is 1. The van der Waals surface area contributed by atoms with Gasteiger partial charge < -0.3 is 4.98 Å². The second kappa shape index (κ2) is 3.06. The minimum absolute atomic E-state index is 0.112. The van der Waals surface area contributed by atoms with E-state index >= 15 is 0 Å². The number of hydrogen-bond donors (Lipinski definition) is 1. The number of thiophene rings is 1. The number of nitrogens with zero attached hydrogens (tertiary/aromatic N) is 2. The van der Waals surface area contributed by atoms with Crippen LogP contribution in [0.15, 0.2) is 40.1 Å². The van der Waals surface area contributed by atoms with E-state index in [1.54, 1.807) is 23.7 Å². The van der Waals surface area contributed by atoms with Gasteiger partial charge in [0.05, 0.1) is 5.69 Å². The Morgan fingerprint density at radius 3 is 3.07 bits per heavy atom. The maximum atomic E-state index is 11.2. The molecule has 0 aliphatic heterocycles. The molecule has 1 N–H and O–H groups in total. The average Bonchev–Trinajstić information content (AvgIpc) is 2.83. The fourth-order valence-electron chi connectivity index (χ4n) is 1.51. The van der Waals surface area contributed by atoms with Crippen molar-refractivity contribution in [2.24, 2.45) is 0 Å². The predicted octanol–water partition coefficient (Wildman–Crippen LogP) is 1.78. The monoisotopic (exact) mass is 217 g/mol. The molecule has 0 bridgehead atoms. The van der Waals surface area contributed by atoms with E-state index in [1.165, 1.54) is 6.07 Å². The third-order valence-corrected chi connectivity index (χ3v) is 2.89. The molecule has 3 rings (SSSR count). The van der Waals surface area contributed by atoms with Crippen molar-refractivity contribution in [2.45, 2.75) is 0 Å². The van der Waals surface area contributed by atoms with Gasteiger partial charge in [-0.2, -0.15) is 11.3 Å². The molecule has 0 radical (unpaired) electrons. The number of aromatic amines is 1. The van der Waals surface area contributed by atoms with E-state index in [0.717, 1.165) is 16.9 Å². The second-order valence-electron chi connectivity index (χ2n) is 3.15. The van der Waals surface area contributed by atoms with Crippen molar-refractivity contribution in [1.82, 2.24) is 14.5 Å². The highest BCUT2D eigenvalue weighted by Crippen LogP contribution is 2.16. The summed E-state index contributed by atoms with van der Waals surface area (Å²) in [7, 11) is 0. The molecular formula is C10H7N3OS. The highest BCUT2D eigenvalue weighted by molar-refractivity contribution is 7.08. The summed E-state index contributed by atoms with van der Waals surface area (Å²) < 4.78 is 1.87. The van der Waals surface area contributed by atoms with Crippen LogP contribution in [0.2, 0.25) is 0 Å². The number of rotatable bonds is 1. The highest BCUT2D eigenvalue weighted by Gasteiger charge is 2.04. The lowest BCUT2D eigenvalue weighted by Crippen LogP contribution is -2.04. The van der Waals surface area contributed by atoms with Crippen molar-refractivity contribution in [3.8, 4) is 5.69 Å². The molecule has 3 heterocycles. The van der Waals surface area contributed by atoms with Gasteiger partial charge in [-0.3, -0.25) is 9.36 Å². The quantitative estimate of drug-likeness (QED) is 0.675. The predicted molar refractivity (Wildman–Crippen MR) is 59.6 cm³/mol. The third kappa shape index (κ3) is 1.28. The first-order valence-electron chi connectivity index (χ1n) is 4.43. The van der Waals surface area contributed by atoms with Gasteiger partial charge in [0, 0.05) is 11.4 Å². The minimum Gasteiger partial charge on any atom is -0.306 e. The lowest BCUT2D eigenvalue weighted by molar-refractivity contribution is 1.07. The molecule has 0 amide bonds. The summed E-state index contributed by atoms with van der Waals surface area (Å²) in [6, 6.07) is 5.18. The van der Waals surface area contributed by atoms with Crippen molar-refractivity contribution < 1.29 is 0 Å². The molecular weight excluding hydrogens is 210 g/mol. The van der Waals surface area contributed by atoms with E-state index < -0.39 is 0 Å². The molecule has 0 saturated carbocycles. The molecule has 0 unspecified atom stereocenters. The lowest BCUT2D eigenvalue weighted by Gasteiger charge is -1.98. The van der Waals surface area contributed by atoms with E-state index in [-0.39, 0.29) is 5.56 Å². The van der Waals surface area contributed by atoms with Gasteiger partial charge in [-0.25, -0.2) is 4.98 Å². The first kappa shape index (κ1) is 8.43. The molecule has 3 aromatic heterocycles. The number of hydrogen-bond acceptors (Lipinski definition) is 3. The van der Waals surface area contributed by atoms with E-state index in [2.05, 4.69) is 9.97 Å². The van der Waals surface area contributed by atoms with E-state index in [1.807, 2.05) is 21.4 Å². The maximum absolute atomic E-state index is 11.2. The van der Waals surface area contributed by atoms with Gasteiger partial charge in [0.2, 0.25) is 5.56 Å². The Kier molecular flexibility index (Phi) is 1.72. The maximum Gasteiger partial charge on any atom is 0.249 e. The topological polar surface area (TPSA) is 50.7 Å². The van der Waals surface area contributed by atoms with Gasteiger partial charge in [0.1, 0.15) is 17.5 Å². The molecule has 0 saturated heterocycles. The van der Waals surface area contributed by atoms with Crippen LogP contribution < -0.4 is 5.56 Å². The van der Waals surface area contributed by atoms with Crippen molar-refractivity contribution in [2.75, 3.05) is 0 Å². The number of fused-ring (bicyclic) bond motifs is 1. The Morgan fingerprint density at radius 1 is 1.33 bits per heavy atom. The summed E-state index contributed by atoms with van der Waals surface area (Å²) >= 11 is 1.61. The summed E-state index contributed by atoms with van der Waals surface area (Å²) in [6.07, 6.45) is 1.71. The number of aromatic nitrogens is 3. The Balaban J connectivity index is 2.37. The highest BCUT2D eigenvalue weighted by atomic mass is 32.1. The Hall–Kier alpha value is -1.88. The number of H-pyrrole nitrogens is 1. The van der Waals surface area contributed by atoms with Crippen LogP contribution in [0.5, 0.6) is 0 Å². The van der Waals surface area contributed by atoms with Gasteiger partial charge in [0.25, 0.3) is 0 Å². The molecule has 5 heteroatoms. The molecule has 0 aliphatic rings. The summed E-state index contributed by atoms with van der Waals surface area (Å²) in [5.74, 6) is 0. The smallest absolute Gasteiger partial charge is 0.249 e. The van der Waals surface area contributed by atoms with E-state index in [0.29, 0.717) is 0 Å². The summed E-state index contributed by atoms with van der Waals surface area (Å²) in [6.45, 7) is 0. The average molecular weight is 217 g/mol. The standard InChI is InChI=1S/C10H7N3OS/c14-9-2-1-8-10(12-9)13(6-11-8)7-3-4-15-5-7/h1-6H,(H,12,14). The van der Waals surface area contributed by atoms with Crippen LogP contribution in [0.25, 0.3) is 16.9 Å². The Morgan fingerprint density at radius 2 is 2.27 bits per heavy atom. The number of pyridine rings is 1. The SMILES string of the molecule is O=c1ccc2ncn(-c3ccsc3)c2[nH]1. The Labute approximate surface area is 88.8 Å². The zero-order valence-corrected chi connectivity index (χ0v) is 8.49. The normalized spacial score (nSPS) is 10.9. The molecule has 0 fully saturated rings. The zero-order chi connectivity index (χ0) is 10.3.